The van der Waals surface area contributed by atoms with Crippen molar-refractivity contribution in [3.63, 3.8) is 0 Å². The van der Waals surface area contributed by atoms with Crippen LogP contribution in [0.15, 0.2) is 0 Å². The van der Waals surface area contributed by atoms with Crippen LogP contribution >= 0.6 is 0 Å². The zero-order valence-corrected chi connectivity index (χ0v) is 8.68. The fraction of sp³-hybridized carbons (Fsp3) is 0.900. The van der Waals surface area contributed by atoms with Gasteiger partial charge in [-0.25, -0.2) is 0 Å². The normalized spacial score (nSPS) is 13.1. The molecule has 12 heavy (non-hydrogen) atoms. The number of carbonyl (C=O) groups is 1. The Balaban J connectivity index is 3.56. The van der Waals surface area contributed by atoms with Crippen molar-refractivity contribution in [1.82, 2.24) is 5.32 Å². The van der Waals surface area contributed by atoms with Crippen molar-refractivity contribution >= 4 is 5.91 Å². The lowest BCUT2D eigenvalue weighted by atomic mass is 9.99. The summed E-state index contributed by atoms with van der Waals surface area (Å²) in [5.41, 5.74) is 0. The van der Waals surface area contributed by atoms with Gasteiger partial charge in [-0.3, -0.25) is 4.79 Å². The first-order valence-electron chi connectivity index (χ1n) is 4.85. The number of hydrogen-bond donors (Lipinski definition) is 1. The Morgan fingerprint density at radius 3 is 2.25 bits per heavy atom. The van der Waals surface area contributed by atoms with Crippen LogP contribution in [0.4, 0.5) is 0 Å². The lowest BCUT2D eigenvalue weighted by molar-refractivity contribution is -0.124. The molecule has 0 saturated carbocycles. The van der Waals surface area contributed by atoms with E-state index in [0.29, 0.717) is 5.92 Å². The molecule has 2 nitrogen and oxygen atoms in total. The molecule has 0 radical (unpaired) electrons. The van der Waals surface area contributed by atoms with E-state index in [1.807, 2.05) is 13.8 Å². The van der Waals surface area contributed by atoms with Gasteiger partial charge < -0.3 is 5.32 Å². The summed E-state index contributed by atoms with van der Waals surface area (Å²) in [6.07, 6.45) is 2.14. The van der Waals surface area contributed by atoms with Gasteiger partial charge in [0.1, 0.15) is 0 Å². The largest absolute Gasteiger partial charge is 0.356 e. The van der Waals surface area contributed by atoms with Crippen molar-refractivity contribution in [3.05, 3.63) is 0 Å². The second kappa shape index (κ2) is 6.04. The Labute approximate surface area is 75.7 Å². The zero-order valence-electron chi connectivity index (χ0n) is 8.68. The molecule has 0 saturated heterocycles. The van der Waals surface area contributed by atoms with Gasteiger partial charge in [0.2, 0.25) is 5.91 Å². The maximum absolute atomic E-state index is 11.2. The Hall–Kier alpha value is -0.530. The van der Waals surface area contributed by atoms with Crippen LogP contribution in [0.5, 0.6) is 0 Å². The molecular weight excluding hydrogens is 150 g/mol. The molecule has 0 aliphatic carbocycles. The average Bonchev–Trinajstić information content (AvgIpc) is 2.00. The first-order chi connectivity index (χ1) is 5.57. The molecule has 0 aromatic heterocycles. The fourth-order valence-corrected chi connectivity index (χ4v) is 1.06. The average molecular weight is 171 g/mol. The predicted molar refractivity (Wildman–Crippen MR) is 51.9 cm³/mol. The third kappa shape index (κ3) is 5.16. The van der Waals surface area contributed by atoms with Gasteiger partial charge in [0.05, 0.1) is 0 Å². The van der Waals surface area contributed by atoms with E-state index in [4.69, 9.17) is 0 Å². The second-order valence-electron chi connectivity index (χ2n) is 3.77. The zero-order chi connectivity index (χ0) is 9.56. The van der Waals surface area contributed by atoms with E-state index < -0.39 is 0 Å². The van der Waals surface area contributed by atoms with Crippen LogP contribution in [0.1, 0.15) is 40.5 Å². The van der Waals surface area contributed by atoms with Crippen molar-refractivity contribution in [3.8, 4) is 0 Å². The van der Waals surface area contributed by atoms with Crippen molar-refractivity contribution in [2.24, 2.45) is 11.8 Å². The monoisotopic (exact) mass is 171 g/mol. The van der Waals surface area contributed by atoms with Gasteiger partial charge >= 0.3 is 0 Å². The van der Waals surface area contributed by atoms with E-state index in [9.17, 15) is 4.79 Å². The van der Waals surface area contributed by atoms with Crippen LogP contribution in [-0.4, -0.2) is 12.5 Å². The molecule has 0 aromatic rings. The molecule has 2 heteroatoms. The minimum absolute atomic E-state index is 0.173. The molecular formula is C10H21NO. The summed E-state index contributed by atoms with van der Waals surface area (Å²) < 4.78 is 0. The molecule has 1 atom stereocenters. The first kappa shape index (κ1) is 11.5. The molecule has 72 valence electrons. The molecule has 0 bridgehead atoms. The highest BCUT2D eigenvalue weighted by Gasteiger charge is 2.11. The number of rotatable bonds is 5. The van der Waals surface area contributed by atoms with E-state index >= 15 is 0 Å². The first-order valence-corrected chi connectivity index (χ1v) is 4.85. The number of amides is 1. The second-order valence-corrected chi connectivity index (χ2v) is 3.77. The Kier molecular flexibility index (Phi) is 5.77. The standard InChI is InChI=1S/C10H21NO/c1-5-11-10(12)9(4)7-6-8(2)3/h8-9H,5-7H2,1-4H3,(H,11,12)/t9-/m0/s1. The lowest BCUT2D eigenvalue weighted by Crippen LogP contribution is -2.28. The molecule has 0 rings (SSSR count). The number of nitrogens with one attached hydrogen (secondary N) is 1. The number of carbonyl (C=O) groups excluding carboxylic acids is 1. The lowest BCUT2D eigenvalue weighted by Gasteiger charge is -2.11. The van der Waals surface area contributed by atoms with Gasteiger partial charge in [0.25, 0.3) is 0 Å². The SMILES string of the molecule is CCNC(=O)[C@@H](C)CCC(C)C. The van der Waals surface area contributed by atoms with Gasteiger partial charge in [-0.2, -0.15) is 0 Å². The van der Waals surface area contributed by atoms with Crippen molar-refractivity contribution < 1.29 is 4.79 Å². The Morgan fingerprint density at radius 2 is 1.83 bits per heavy atom. The van der Waals surface area contributed by atoms with E-state index in [1.165, 1.54) is 0 Å². The van der Waals surface area contributed by atoms with E-state index in [0.717, 1.165) is 19.4 Å². The highest BCUT2D eigenvalue weighted by Crippen LogP contribution is 2.11. The van der Waals surface area contributed by atoms with Crippen molar-refractivity contribution in [2.75, 3.05) is 6.54 Å². The summed E-state index contributed by atoms with van der Waals surface area (Å²) in [4.78, 5) is 11.2. The summed E-state index contributed by atoms with van der Waals surface area (Å²) >= 11 is 0. The van der Waals surface area contributed by atoms with Gasteiger partial charge in [-0.1, -0.05) is 27.2 Å². The fourth-order valence-electron chi connectivity index (χ4n) is 1.06. The van der Waals surface area contributed by atoms with Gasteiger partial charge in [-0.05, 0) is 19.3 Å². The highest BCUT2D eigenvalue weighted by molar-refractivity contribution is 5.78. The molecule has 0 fully saturated rings. The third-order valence-electron chi connectivity index (χ3n) is 1.98. The molecule has 0 aliphatic heterocycles. The van der Waals surface area contributed by atoms with Crippen LogP contribution in [0.3, 0.4) is 0 Å². The molecule has 0 unspecified atom stereocenters. The quantitative estimate of drug-likeness (QED) is 0.675. The maximum Gasteiger partial charge on any atom is 0.222 e. The topological polar surface area (TPSA) is 29.1 Å². The number of hydrogen-bond acceptors (Lipinski definition) is 1. The van der Waals surface area contributed by atoms with Crippen molar-refractivity contribution in [2.45, 2.75) is 40.5 Å². The molecule has 1 N–H and O–H groups in total. The smallest absolute Gasteiger partial charge is 0.222 e. The minimum atomic E-state index is 0.173. The van der Waals surface area contributed by atoms with E-state index in [-0.39, 0.29) is 11.8 Å². The molecule has 0 aliphatic rings. The third-order valence-corrected chi connectivity index (χ3v) is 1.98. The highest BCUT2D eigenvalue weighted by atomic mass is 16.1. The van der Waals surface area contributed by atoms with Crippen LogP contribution < -0.4 is 5.32 Å². The van der Waals surface area contributed by atoms with Crippen molar-refractivity contribution in [1.29, 1.82) is 0 Å². The minimum Gasteiger partial charge on any atom is -0.356 e. The Morgan fingerprint density at radius 1 is 1.25 bits per heavy atom. The summed E-state index contributed by atoms with van der Waals surface area (Å²) in [5.74, 6) is 1.06. The van der Waals surface area contributed by atoms with E-state index in [1.54, 1.807) is 0 Å². The molecule has 0 spiro atoms. The van der Waals surface area contributed by atoms with Gasteiger partial charge in [0.15, 0.2) is 0 Å². The molecule has 1 amide bonds. The van der Waals surface area contributed by atoms with Crippen LogP contribution in [0.25, 0.3) is 0 Å². The maximum atomic E-state index is 11.2. The summed E-state index contributed by atoms with van der Waals surface area (Å²) in [6.45, 7) is 9.06. The van der Waals surface area contributed by atoms with Crippen LogP contribution in [0.2, 0.25) is 0 Å². The van der Waals surface area contributed by atoms with Crippen LogP contribution in [-0.2, 0) is 4.79 Å². The summed E-state index contributed by atoms with van der Waals surface area (Å²) in [6, 6.07) is 0. The Bertz CT molecular complexity index is 132. The van der Waals surface area contributed by atoms with E-state index in [2.05, 4.69) is 19.2 Å². The molecule has 0 aromatic carbocycles. The summed E-state index contributed by atoms with van der Waals surface area (Å²) in [5, 5.41) is 2.83. The predicted octanol–water partition coefficient (Wildman–Crippen LogP) is 2.19. The van der Waals surface area contributed by atoms with Crippen LogP contribution in [0, 0.1) is 11.8 Å². The molecule has 0 heterocycles. The van der Waals surface area contributed by atoms with Gasteiger partial charge in [-0.15, -0.1) is 0 Å². The van der Waals surface area contributed by atoms with Gasteiger partial charge in [0, 0.05) is 12.5 Å². The summed E-state index contributed by atoms with van der Waals surface area (Å²) in [7, 11) is 0.